The van der Waals surface area contributed by atoms with Gasteiger partial charge in [0.2, 0.25) is 0 Å². The van der Waals surface area contributed by atoms with Gasteiger partial charge in [0, 0.05) is 0 Å². The van der Waals surface area contributed by atoms with E-state index in [-0.39, 0.29) is 0 Å². The van der Waals surface area contributed by atoms with E-state index < -0.39 is 0 Å². The number of pyridine rings is 1. The Labute approximate surface area is 70.5 Å². The first-order chi connectivity index (χ1) is 3.79. The van der Waals surface area contributed by atoms with Gasteiger partial charge >= 0.3 is 70.8 Å². The fraction of sp³-hybridized carbons (Fsp3) is 0. The van der Waals surface area contributed by atoms with Gasteiger partial charge in [-0.15, -0.1) is 0 Å². The minimum atomic E-state index is 1.01. The fourth-order valence-electron chi connectivity index (χ4n) is 0.368. The van der Waals surface area contributed by atoms with Crippen LogP contribution in [0.2, 0.25) is 0 Å². The van der Waals surface area contributed by atoms with E-state index in [1.165, 1.54) is 3.57 Å². The molecule has 0 saturated heterocycles. The van der Waals surface area contributed by atoms with Crippen molar-refractivity contribution in [1.82, 2.24) is 4.98 Å². The number of halogens is 1. The molecule has 0 atom stereocenters. The molecule has 0 N–H and O–H groups in total. The second kappa shape index (κ2) is 2.83. The van der Waals surface area contributed by atoms with Crippen LogP contribution in [0.25, 0.3) is 0 Å². The summed E-state index contributed by atoms with van der Waals surface area (Å²) in [6, 6.07) is 4.00. The van der Waals surface area contributed by atoms with Gasteiger partial charge in [-0.25, -0.2) is 0 Å². The Bertz CT molecular complexity index is 151. The summed E-state index contributed by atoms with van der Waals surface area (Å²) in [5, 5.41) is 0. The third-order valence-electron chi connectivity index (χ3n) is 0.712. The van der Waals surface area contributed by atoms with Crippen molar-refractivity contribution in [2.24, 2.45) is 0 Å². The van der Waals surface area contributed by atoms with Crippen molar-refractivity contribution in [3.05, 3.63) is 21.9 Å². The average molecular weight is 279 g/mol. The first-order valence-electron chi connectivity index (χ1n) is 2.09. The molecule has 8 heavy (non-hydrogen) atoms. The normalized spacial score (nSPS) is 9.25. The Morgan fingerprint density at radius 1 is 1.50 bits per heavy atom. The van der Waals surface area contributed by atoms with E-state index in [0.29, 0.717) is 0 Å². The van der Waals surface area contributed by atoms with E-state index in [1.807, 2.05) is 18.3 Å². The zero-order valence-electron chi connectivity index (χ0n) is 4.00. The van der Waals surface area contributed by atoms with Gasteiger partial charge in [-0.2, -0.15) is 0 Å². The van der Waals surface area contributed by atoms with Crippen molar-refractivity contribution in [2.45, 2.75) is 0 Å². The molecule has 0 fully saturated rings. The monoisotopic (exact) mass is 279 g/mol. The van der Waals surface area contributed by atoms with Crippen LogP contribution >= 0.6 is 22.6 Å². The molecule has 2 radical (unpaired) electrons. The molecule has 0 aliphatic heterocycles. The number of rotatable bonds is 0. The van der Waals surface area contributed by atoms with Gasteiger partial charge < -0.3 is 0 Å². The first-order valence-corrected chi connectivity index (χ1v) is 4.11. The number of aromatic nitrogens is 1. The molecule has 0 bridgehead atoms. The standard InChI is InChI=1S/C5H3AsIN/c6-5-2-1-4(7)3-8-5/h1-3H. The Morgan fingerprint density at radius 2 is 2.25 bits per heavy atom. The third-order valence-corrected chi connectivity index (χ3v) is 1.90. The predicted octanol–water partition coefficient (Wildman–Crippen LogP) is 0.480. The van der Waals surface area contributed by atoms with Crippen LogP contribution in [0.1, 0.15) is 0 Å². The van der Waals surface area contributed by atoms with Crippen LogP contribution in [0.4, 0.5) is 0 Å². The molecule has 0 saturated carbocycles. The van der Waals surface area contributed by atoms with Crippen molar-refractivity contribution in [3.8, 4) is 0 Å². The molecule has 0 aliphatic carbocycles. The van der Waals surface area contributed by atoms with E-state index in [2.05, 4.69) is 44.4 Å². The van der Waals surface area contributed by atoms with Crippen molar-refractivity contribution in [1.29, 1.82) is 0 Å². The Morgan fingerprint density at radius 3 is 2.62 bits per heavy atom. The van der Waals surface area contributed by atoms with Crippen LogP contribution in [0.5, 0.6) is 0 Å². The molecular formula is C5H3AsIN. The summed E-state index contributed by atoms with van der Waals surface area (Å²) in [7, 11) is 0. The summed E-state index contributed by atoms with van der Waals surface area (Å²) in [4.78, 5) is 4.04. The molecule has 1 heterocycles. The topological polar surface area (TPSA) is 12.9 Å². The molecule has 1 rings (SSSR count). The summed E-state index contributed by atoms with van der Waals surface area (Å²) in [5.74, 6) is 0. The van der Waals surface area contributed by atoms with E-state index >= 15 is 0 Å². The van der Waals surface area contributed by atoms with Gasteiger partial charge in [0.05, 0.1) is 0 Å². The van der Waals surface area contributed by atoms with Crippen LogP contribution < -0.4 is 4.48 Å². The number of hydrogen-bond donors (Lipinski definition) is 0. The van der Waals surface area contributed by atoms with Gasteiger partial charge in [0.1, 0.15) is 0 Å². The molecule has 1 aromatic heterocycles. The zero-order valence-corrected chi connectivity index (χ0v) is 8.04. The van der Waals surface area contributed by atoms with E-state index in [9.17, 15) is 0 Å². The maximum atomic E-state index is 4.04. The second-order valence-corrected chi connectivity index (χ2v) is 3.54. The molecule has 0 amide bonds. The number of hydrogen-bond acceptors (Lipinski definition) is 1. The van der Waals surface area contributed by atoms with E-state index in [4.69, 9.17) is 0 Å². The summed E-state index contributed by atoms with van der Waals surface area (Å²) < 4.78 is 2.19. The van der Waals surface area contributed by atoms with E-state index in [1.54, 1.807) is 0 Å². The van der Waals surface area contributed by atoms with Gasteiger partial charge in [-0.05, 0) is 0 Å². The van der Waals surface area contributed by atoms with Gasteiger partial charge in [0.15, 0.2) is 0 Å². The summed E-state index contributed by atoms with van der Waals surface area (Å²) in [6.45, 7) is 0. The van der Waals surface area contributed by atoms with Gasteiger partial charge in [-0.1, -0.05) is 0 Å². The molecule has 3 heteroatoms. The summed E-state index contributed by atoms with van der Waals surface area (Å²) in [6.07, 6.45) is 1.84. The van der Waals surface area contributed by atoms with Crippen LogP contribution in [0.3, 0.4) is 0 Å². The molecule has 0 spiro atoms. The van der Waals surface area contributed by atoms with Crippen LogP contribution in [0.15, 0.2) is 18.3 Å². The van der Waals surface area contributed by atoms with Crippen molar-refractivity contribution in [2.75, 3.05) is 0 Å². The second-order valence-electron chi connectivity index (χ2n) is 1.33. The molecule has 0 aromatic carbocycles. The first kappa shape index (κ1) is 6.56. The minimum absolute atomic E-state index is 1.01. The van der Waals surface area contributed by atoms with Crippen molar-refractivity contribution >= 4 is 43.9 Å². The van der Waals surface area contributed by atoms with Crippen LogP contribution in [0, 0.1) is 3.57 Å². The average Bonchev–Trinajstić information content (AvgIpc) is 1.77. The maximum absolute atomic E-state index is 4.04. The Kier molecular flexibility index (Phi) is 2.32. The third kappa shape index (κ3) is 1.75. The Hall–Kier alpha value is 0.438. The predicted molar refractivity (Wildman–Crippen MR) is 42.3 cm³/mol. The molecule has 1 aromatic rings. The fourth-order valence-corrected chi connectivity index (χ4v) is 0.965. The number of nitrogens with zero attached hydrogens (tertiary/aromatic N) is 1. The molecule has 0 unspecified atom stereocenters. The van der Waals surface area contributed by atoms with Gasteiger partial charge in [0.25, 0.3) is 0 Å². The van der Waals surface area contributed by atoms with Gasteiger partial charge in [-0.3, -0.25) is 0 Å². The summed E-state index contributed by atoms with van der Waals surface area (Å²) in [5.41, 5.74) is 0. The molecule has 40 valence electrons. The summed E-state index contributed by atoms with van der Waals surface area (Å²) >= 11 is 4.63. The zero-order chi connectivity index (χ0) is 5.98. The Balaban J connectivity index is 3.03. The van der Waals surface area contributed by atoms with Crippen molar-refractivity contribution < 1.29 is 0 Å². The van der Waals surface area contributed by atoms with Crippen molar-refractivity contribution in [3.63, 3.8) is 0 Å². The molecule has 0 aliphatic rings. The quantitative estimate of drug-likeness (QED) is 0.497. The van der Waals surface area contributed by atoms with Crippen LogP contribution in [-0.4, -0.2) is 21.8 Å². The SMILES string of the molecule is [As]c1ccc(I)cn1. The van der Waals surface area contributed by atoms with Crippen LogP contribution in [-0.2, 0) is 0 Å². The van der Waals surface area contributed by atoms with E-state index in [0.717, 1.165) is 4.48 Å². The molecular weight excluding hydrogens is 276 g/mol. The molecule has 1 nitrogen and oxygen atoms in total.